The fraction of sp³-hybridized carbons (Fsp3) is 0.160. The predicted octanol–water partition coefficient (Wildman–Crippen LogP) is 4.69. The lowest BCUT2D eigenvalue weighted by Gasteiger charge is -2.13. The summed E-state index contributed by atoms with van der Waals surface area (Å²) in [4.78, 5) is 12.4. The Morgan fingerprint density at radius 2 is 1.94 bits per heavy atom. The van der Waals surface area contributed by atoms with Crippen molar-refractivity contribution in [3.63, 3.8) is 0 Å². The third-order valence-electron chi connectivity index (χ3n) is 6.07. The largest absolute Gasteiger partial charge is 0.497 e. The van der Waals surface area contributed by atoms with Crippen molar-refractivity contribution in [3.05, 3.63) is 66.4 Å². The van der Waals surface area contributed by atoms with Gasteiger partial charge in [0.25, 0.3) is 0 Å². The summed E-state index contributed by atoms with van der Waals surface area (Å²) >= 11 is 0. The van der Waals surface area contributed by atoms with Crippen molar-refractivity contribution in [1.82, 2.24) is 30.5 Å². The highest BCUT2D eigenvalue weighted by Gasteiger charge is 2.16. The van der Waals surface area contributed by atoms with Crippen molar-refractivity contribution in [2.24, 2.45) is 0 Å². The quantitative estimate of drug-likeness (QED) is 0.377. The summed E-state index contributed by atoms with van der Waals surface area (Å²) in [5.41, 5.74) is 7.10. The van der Waals surface area contributed by atoms with Crippen molar-refractivity contribution >= 4 is 27.5 Å². The molecule has 1 aromatic carbocycles. The molecule has 5 aromatic rings. The second-order valence-corrected chi connectivity index (χ2v) is 8.09. The number of pyridine rings is 2. The van der Waals surface area contributed by atoms with Gasteiger partial charge in [0.05, 0.1) is 24.5 Å². The van der Waals surface area contributed by atoms with Gasteiger partial charge in [0.15, 0.2) is 5.65 Å². The van der Waals surface area contributed by atoms with E-state index in [0.29, 0.717) is 11.3 Å². The van der Waals surface area contributed by atoms with Crippen LogP contribution >= 0.6 is 0 Å². The molecule has 0 saturated heterocycles. The molecule has 5 heterocycles. The number of ether oxygens (including phenoxy) is 1. The van der Waals surface area contributed by atoms with Crippen molar-refractivity contribution in [3.8, 4) is 28.3 Å². The maximum atomic E-state index is 14.2. The minimum Gasteiger partial charge on any atom is -0.497 e. The average Bonchev–Trinajstić information content (AvgIpc) is 3.47. The van der Waals surface area contributed by atoms with E-state index in [1.54, 1.807) is 18.5 Å². The van der Waals surface area contributed by atoms with Gasteiger partial charge in [-0.1, -0.05) is 6.08 Å². The molecule has 164 valence electrons. The Labute approximate surface area is 188 Å². The van der Waals surface area contributed by atoms with Gasteiger partial charge in [-0.25, -0.2) is 9.37 Å². The molecule has 33 heavy (non-hydrogen) atoms. The monoisotopic (exact) mass is 440 g/mol. The molecule has 1 aliphatic heterocycles. The zero-order valence-corrected chi connectivity index (χ0v) is 17.9. The molecule has 0 radical (unpaired) electrons. The maximum Gasteiger partial charge on any atom is 0.155 e. The van der Waals surface area contributed by atoms with Crippen LogP contribution in [0.25, 0.3) is 50.0 Å². The number of rotatable bonds is 4. The standard InChI is InChI=1S/C25H21FN6O/c1-33-18-7-15(6-17(26)9-18)21-12-28-13-23-19(21)10-22(30-23)24-20-8-16(11-29-25(20)32-31-24)14-2-4-27-5-3-14/h2,6-13,27,30H,3-5H2,1H3,(H,29,31,32). The summed E-state index contributed by atoms with van der Waals surface area (Å²) in [7, 11) is 1.52. The zero-order chi connectivity index (χ0) is 22.4. The van der Waals surface area contributed by atoms with Crippen LogP contribution in [-0.4, -0.2) is 45.3 Å². The number of nitrogens with zero attached hydrogens (tertiary/aromatic N) is 3. The summed E-state index contributed by atoms with van der Waals surface area (Å²) in [6.07, 6.45) is 8.57. The summed E-state index contributed by atoms with van der Waals surface area (Å²) in [6.45, 7) is 1.83. The van der Waals surface area contributed by atoms with Crippen LogP contribution in [-0.2, 0) is 0 Å². The fourth-order valence-electron chi connectivity index (χ4n) is 4.41. The first-order valence-electron chi connectivity index (χ1n) is 10.8. The van der Waals surface area contributed by atoms with Gasteiger partial charge in [0.2, 0.25) is 0 Å². The molecule has 0 amide bonds. The van der Waals surface area contributed by atoms with Crippen molar-refractivity contribution in [1.29, 1.82) is 0 Å². The SMILES string of the molecule is COc1cc(F)cc(-c2cncc3[nH]c(-c4n[nH]c5ncc(C6=CCNCC6)cc45)cc23)c1. The Morgan fingerprint density at radius 1 is 1.00 bits per heavy atom. The highest BCUT2D eigenvalue weighted by Crippen LogP contribution is 2.35. The first kappa shape index (κ1) is 19.6. The van der Waals surface area contributed by atoms with E-state index in [-0.39, 0.29) is 5.82 Å². The number of aromatic nitrogens is 5. The number of hydrogen-bond donors (Lipinski definition) is 3. The summed E-state index contributed by atoms with van der Waals surface area (Å²) in [6, 6.07) is 8.81. The van der Waals surface area contributed by atoms with Gasteiger partial charge in [-0.3, -0.25) is 10.1 Å². The summed E-state index contributed by atoms with van der Waals surface area (Å²) < 4.78 is 19.4. The van der Waals surface area contributed by atoms with Crippen LogP contribution in [0.3, 0.4) is 0 Å². The lowest BCUT2D eigenvalue weighted by atomic mass is 10.0. The molecule has 0 unspecified atom stereocenters. The molecule has 0 atom stereocenters. The van der Waals surface area contributed by atoms with Crippen molar-refractivity contribution < 1.29 is 9.13 Å². The van der Waals surface area contributed by atoms with Crippen LogP contribution in [0.15, 0.2) is 55.0 Å². The van der Waals surface area contributed by atoms with Gasteiger partial charge in [-0.2, -0.15) is 5.10 Å². The van der Waals surface area contributed by atoms with Crippen molar-refractivity contribution in [2.75, 3.05) is 20.2 Å². The van der Waals surface area contributed by atoms with E-state index < -0.39 is 0 Å². The molecule has 0 saturated carbocycles. The Morgan fingerprint density at radius 3 is 2.79 bits per heavy atom. The first-order valence-corrected chi connectivity index (χ1v) is 10.8. The number of aromatic amines is 2. The number of benzene rings is 1. The van der Waals surface area contributed by atoms with E-state index in [1.807, 2.05) is 12.3 Å². The summed E-state index contributed by atoms with van der Waals surface area (Å²) in [5, 5.41) is 12.8. The lowest BCUT2D eigenvalue weighted by molar-refractivity contribution is 0.411. The number of hydrogen-bond acceptors (Lipinski definition) is 5. The van der Waals surface area contributed by atoms with Crippen LogP contribution in [0.1, 0.15) is 12.0 Å². The Kier molecular flexibility index (Phi) is 4.66. The van der Waals surface area contributed by atoms with Gasteiger partial charge < -0.3 is 15.0 Å². The lowest BCUT2D eigenvalue weighted by Crippen LogP contribution is -2.20. The van der Waals surface area contributed by atoms with E-state index in [4.69, 9.17) is 4.74 Å². The molecule has 0 aliphatic carbocycles. The van der Waals surface area contributed by atoms with E-state index in [2.05, 4.69) is 42.6 Å². The molecule has 0 spiro atoms. The molecule has 4 aromatic heterocycles. The first-order chi connectivity index (χ1) is 16.2. The van der Waals surface area contributed by atoms with E-state index in [1.165, 1.54) is 24.8 Å². The highest BCUT2D eigenvalue weighted by atomic mass is 19.1. The Balaban J connectivity index is 1.48. The number of halogens is 1. The van der Waals surface area contributed by atoms with Gasteiger partial charge in [0.1, 0.15) is 17.3 Å². The third-order valence-corrected chi connectivity index (χ3v) is 6.07. The predicted molar refractivity (Wildman–Crippen MR) is 126 cm³/mol. The van der Waals surface area contributed by atoms with Gasteiger partial charge in [-0.15, -0.1) is 0 Å². The second-order valence-electron chi connectivity index (χ2n) is 8.09. The minimum atomic E-state index is -0.360. The van der Waals surface area contributed by atoms with Crippen molar-refractivity contribution in [2.45, 2.75) is 6.42 Å². The van der Waals surface area contributed by atoms with Gasteiger partial charge in [-0.05, 0) is 53.9 Å². The van der Waals surface area contributed by atoms with E-state index in [9.17, 15) is 4.39 Å². The third kappa shape index (κ3) is 3.44. The Hall–Kier alpha value is -4.04. The molecule has 0 bridgehead atoms. The van der Waals surface area contributed by atoms with Crippen LogP contribution < -0.4 is 10.1 Å². The molecule has 3 N–H and O–H groups in total. The number of H-pyrrole nitrogens is 2. The van der Waals surface area contributed by atoms with E-state index in [0.717, 1.165) is 64.0 Å². The topological polar surface area (TPSA) is 91.5 Å². The number of fused-ring (bicyclic) bond motifs is 2. The molecule has 1 aliphatic rings. The number of nitrogens with one attached hydrogen (secondary N) is 3. The number of methoxy groups -OCH3 is 1. The van der Waals surface area contributed by atoms with Crippen LogP contribution in [0.4, 0.5) is 4.39 Å². The fourth-order valence-corrected chi connectivity index (χ4v) is 4.41. The smallest absolute Gasteiger partial charge is 0.155 e. The average molecular weight is 440 g/mol. The molecule has 7 nitrogen and oxygen atoms in total. The second kappa shape index (κ2) is 7.83. The summed E-state index contributed by atoms with van der Waals surface area (Å²) in [5.74, 6) is 0.100. The van der Waals surface area contributed by atoms with Gasteiger partial charge in [0, 0.05) is 41.3 Å². The van der Waals surface area contributed by atoms with Crippen LogP contribution in [0.5, 0.6) is 5.75 Å². The van der Waals surface area contributed by atoms with Crippen LogP contribution in [0.2, 0.25) is 0 Å². The Bertz CT molecular complexity index is 1530. The van der Waals surface area contributed by atoms with Crippen LogP contribution in [0, 0.1) is 5.82 Å². The molecule has 6 rings (SSSR count). The molecular weight excluding hydrogens is 419 g/mol. The maximum absolute atomic E-state index is 14.2. The molecule has 8 heteroatoms. The normalized spacial score (nSPS) is 14.1. The zero-order valence-electron chi connectivity index (χ0n) is 17.9. The van der Waals surface area contributed by atoms with E-state index >= 15 is 0 Å². The highest BCUT2D eigenvalue weighted by molar-refractivity contribution is 6.00. The molecule has 0 fully saturated rings. The minimum absolute atomic E-state index is 0.360. The van der Waals surface area contributed by atoms with Gasteiger partial charge >= 0.3 is 0 Å². The molecular formula is C25H21FN6O.